The molecule has 1 aliphatic carbocycles. The van der Waals surface area contributed by atoms with Crippen molar-refractivity contribution in [2.24, 2.45) is 0 Å². The first-order valence-electron chi connectivity index (χ1n) is 7.43. The maximum atomic E-state index is 4.51. The Kier molecular flexibility index (Phi) is 3.56. The summed E-state index contributed by atoms with van der Waals surface area (Å²) in [6.45, 7) is 5.53. The average Bonchev–Trinajstić information content (AvgIpc) is 3.12. The van der Waals surface area contributed by atoms with Crippen molar-refractivity contribution in [3.63, 3.8) is 0 Å². The van der Waals surface area contributed by atoms with E-state index in [0.717, 1.165) is 24.5 Å². The van der Waals surface area contributed by atoms with E-state index in [1.807, 2.05) is 6.33 Å². The summed E-state index contributed by atoms with van der Waals surface area (Å²) in [6.07, 6.45) is 7.06. The minimum Gasteiger partial charge on any atom is -0.328 e. The second kappa shape index (κ2) is 5.33. The summed E-state index contributed by atoms with van der Waals surface area (Å²) in [7, 11) is 0. The smallest absolute Gasteiger partial charge is 0.0960 e. The highest BCUT2D eigenvalue weighted by Crippen LogP contribution is 2.20. The summed E-state index contributed by atoms with van der Waals surface area (Å²) in [5.41, 5.74) is 3.77. The molecule has 102 valence electrons. The molecular weight excluding hydrogens is 234 g/mol. The number of nitrogens with zero attached hydrogens (tertiary/aromatic N) is 2. The SMILES string of the molecule is CC(C)n1cnc2cc(CCCNC3CC3)ccc21. The van der Waals surface area contributed by atoms with Crippen LogP contribution in [0.5, 0.6) is 0 Å². The zero-order chi connectivity index (χ0) is 13.2. The first-order chi connectivity index (χ1) is 9.24. The molecule has 0 bridgehead atoms. The lowest BCUT2D eigenvalue weighted by Gasteiger charge is -2.08. The third-order valence-electron chi connectivity index (χ3n) is 3.85. The molecule has 0 spiro atoms. The second-order valence-corrected chi connectivity index (χ2v) is 5.90. The van der Waals surface area contributed by atoms with E-state index in [2.05, 4.69) is 46.9 Å². The Bertz CT molecular complexity index is 552. The van der Waals surface area contributed by atoms with E-state index in [1.165, 1.54) is 30.3 Å². The number of hydrogen-bond donors (Lipinski definition) is 1. The fourth-order valence-corrected chi connectivity index (χ4v) is 2.53. The Labute approximate surface area is 115 Å². The van der Waals surface area contributed by atoms with Crippen molar-refractivity contribution in [3.05, 3.63) is 30.1 Å². The molecule has 1 N–H and O–H groups in total. The van der Waals surface area contributed by atoms with Gasteiger partial charge in [0.25, 0.3) is 0 Å². The number of hydrogen-bond acceptors (Lipinski definition) is 2. The number of nitrogens with one attached hydrogen (secondary N) is 1. The number of benzene rings is 1. The summed E-state index contributed by atoms with van der Waals surface area (Å²) in [4.78, 5) is 4.51. The number of aryl methyl sites for hydroxylation is 1. The third kappa shape index (κ3) is 2.98. The van der Waals surface area contributed by atoms with Crippen LogP contribution in [0.1, 0.15) is 44.7 Å². The molecule has 0 aliphatic heterocycles. The van der Waals surface area contributed by atoms with Gasteiger partial charge in [-0.25, -0.2) is 4.98 Å². The van der Waals surface area contributed by atoms with Crippen LogP contribution in [-0.4, -0.2) is 22.1 Å². The van der Waals surface area contributed by atoms with E-state index in [1.54, 1.807) is 0 Å². The van der Waals surface area contributed by atoms with Gasteiger partial charge in [0, 0.05) is 12.1 Å². The van der Waals surface area contributed by atoms with E-state index in [9.17, 15) is 0 Å². The van der Waals surface area contributed by atoms with Gasteiger partial charge in [0.15, 0.2) is 0 Å². The average molecular weight is 257 g/mol. The van der Waals surface area contributed by atoms with E-state index in [4.69, 9.17) is 0 Å². The Balaban J connectivity index is 1.64. The van der Waals surface area contributed by atoms with Crippen molar-refractivity contribution in [2.75, 3.05) is 6.54 Å². The Morgan fingerprint density at radius 1 is 1.37 bits per heavy atom. The topological polar surface area (TPSA) is 29.9 Å². The fourth-order valence-electron chi connectivity index (χ4n) is 2.53. The van der Waals surface area contributed by atoms with Gasteiger partial charge in [0.2, 0.25) is 0 Å². The summed E-state index contributed by atoms with van der Waals surface area (Å²) in [5, 5.41) is 3.56. The lowest BCUT2D eigenvalue weighted by atomic mass is 10.1. The van der Waals surface area contributed by atoms with Crippen LogP contribution in [0, 0.1) is 0 Å². The van der Waals surface area contributed by atoms with E-state index >= 15 is 0 Å². The lowest BCUT2D eigenvalue weighted by Crippen LogP contribution is -2.17. The predicted molar refractivity (Wildman–Crippen MR) is 79.5 cm³/mol. The highest BCUT2D eigenvalue weighted by atomic mass is 15.1. The van der Waals surface area contributed by atoms with E-state index in [0.29, 0.717) is 6.04 Å². The van der Waals surface area contributed by atoms with Crippen LogP contribution in [0.3, 0.4) is 0 Å². The van der Waals surface area contributed by atoms with Crippen molar-refractivity contribution in [3.8, 4) is 0 Å². The molecule has 3 heteroatoms. The van der Waals surface area contributed by atoms with Gasteiger partial charge in [-0.2, -0.15) is 0 Å². The van der Waals surface area contributed by atoms with Gasteiger partial charge < -0.3 is 9.88 Å². The van der Waals surface area contributed by atoms with Crippen LogP contribution < -0.4 is 5.32 Å². The molecule has 0 saturated heterocycles. The largest absolute Gasteiger partial charge is 0.328 e. The van der Waals surface area contributed by atoms with Gasteiger partial charge in [-0.3, -0.25) is 0 Å². The summed E-state index contributed by atoms with van der Waals surface area (Å²) in [5.74, 6) is 0. The van der Waals surface area contributed by atoms with Crippen molar-refractivity contribution < 1.29 is 0 Å². The summed E-state index contributed by atoms with van der Waals surface area (Å²) in [6, 6.07) is 8.00. The van der Waals surface area contributed by atoms with Crippen molar-refractivity contribution in [2.45, 2.75) is 51.6 Å². The maximum Gasteiger partial charge on any atom is 0.0960 e. The highest BCUT2D eigenvalue weighted by molar-refractivity contribution is 5.76. The number of rotatable bonds is 6. The molecule has 1 saturated carbocycles. The van der Waals surface area contributed by atoms with Crippen LogP contribution in [0.2, 0.25) is 0 Å². The van der Waals surface area contributed by atoms with Crippen LogP contribution in [-0.2, 0) is 6.42 Å². The highest BCUT2D eigenvalue weighted by Gasteiger charge is 2.19. The summed E-state index contributed by atoms with van der Waals surface area (Å²) < 4.78 is 2.23. The predicted octanol–water partition coefficient (Wildman–Crippen LogP) is 3.30. The van der Waals surface area contributed by atoms with Gasteiger partial charge in [0.1, 0.15) is 0 Å². The van der Waals surface area contributed by atoms with Crippen LogP contribution in [0.25, 0.3) is 11.0 Å². The Hall–Kier alpha value is -1.35. The summed E-state index contributed by atoms with van der Waals surface area (Å²) >= 11 is 0. The van der Waals surface area contributed by atoms with Crippen LogP contribution >= 0.6 is 0 Å². The van der Waals surface area contributed by atoms with Gasteiger partial charge in [0.05, 0.1) is 17.4 Å². The first kappa shape index (κ1) is 12.7. The van der Waals surface area contributed by atoms with Gasteiger partial charge in [-0.05, 0) is 63.8 Å². The van der Waals surface area contributed by atoms with Crippen molar-refractivity contribution in [1.82, 2.24) is 14.9 Å². The number of fused-ring (bicyclic) bond motifs is 1. The van der Waals surface area contributed by atoms with Gasteiger partial charge in [-0.15, -0.1) is 0 Å². The monoisotopic (exact) mass is 257 g/mol. The quantitative estimate of drug-likeness (QED) is 0.805. The van der Waals surface area contributed by atoms with E-state index < -0.39 is 0 Å². The fraction of sp³-hybridized carbons (Fsp3) is 0.562. The van der Waals surface area contributed by atoms with Crippen LogP contribution in [0.15, 0.2) is 24.5 Å². The molecule has 2 aromatic rings. The van der Waals surface area contributed by atoms with Gasteiger partial charge >= 0.3 is 0 Å². The standard InChI is InChI=1S/C16H23N3/c1-12(2)19-11-18-15-10-13(5-8-16(15)19)4-3-9-17-14-6-7-14/h5,8,10-12,14,17H,3-4,6-7,9H2,1-2H3. The number of aromatic nitrogens is 2. The maximum absolute atomic E-state index is 4.51. The lowest BCUT2D eigenvalue weighted by molar-refractivity contribution is 0.617. The molecule has 0 radical (unpaired) electrons. The normalized spacial score (nSPS) is 15.5. The number of imidazole rings is 1. The molecule has 3 nitrogen and oxygen atoms in total. The van der Waals surface area contributed by atoms with Crippen molar-refractivity contribution in [1.29, 1.82) is 0 Å². The zero-order valence-corrected chi connectivity index (χ0v) is 11.9. The Morgan fingerprint density at radius 3 is 2.95 bits per heavy atom. The minimum atomic E-state index is 0.471. The third-order valence-corrected chi connectivity index (χ3v) is 3.85. The first-order valence-corrected chi connectivity index (χ1v) is 7.43. The van der Waals surface area contributed by atoms with E-state index in [-0.39, 0.29) is 0 Å². The molecule has 1 fully saturated rings. The Morgan fingerprint density at radius 2 is 2.21 bits per heavy atom. The minimum absolute atomic E-state index is 0.471. The molecule has 3 rings (SSSR count). The molecule has 0 amide bonds. The molecule has 1 aromatic carbocycles. The molecule has 0 atom stereocenters. The molecule has 1 aliphatic rings. The zero-order valence-electron chi connectivity index (χ0n) is 11.9. The second-order valence-electron chi connectivity index (χ2n) is 5.90. The van der Waals surface area contributed by atoms with Crippen molar-refractivity contribution >= 4 is 11.0 Å². The van der Waals surface area contributed by atoms with Crippen LogP contribution in [0.4, 0.5) is 0 Å². The molecule has 1 heterocycles. The molecule has 1 aromatic heterocycles. The molecule has 19 heavy (non-hydrogen) atoms. The van der Waals surface area contributed by atoms with Gasteiger partial charge in [-0.1, -0.05) is 6.07 Å². The molecular formula is C16H23N3. The molecule has 0 unspecified atom stereocenters.